The van der Waals surface area contributed by atoms with Crippen LogP contribution in [0.3, 0.4) is 0 Å². The summed E-state index contributed by atoms with van der Waals surface area (Å²) in [6, 6.07) is 16.0. The number of likely N-dealkylation sites (tertiary alicyclic amines) is 1. The Morgan fingerprint density at radius 3 is 2.70 bits per heavy atom. The maximum absolute atomic E-state index is 13.2. The number of carbonyl (C=O) groups is 1. The number of carbonyl (C=O) groups excluding carboxylic acids is 1. The van der Waals surface area contributed by atoms with Gasteiger partial charge < -0.3 is 4.90 Å². The van der Waals surface area contributed by atoms with E-state index in [4.69, 9.17) is 16.7 Å². The fourth-order valence-electron chi connectivity index (χ4n) is 4.09. The highest BCUT2D eigenvalue weighted by atomic mass is 35.5. The van der Waals surface area contributed by atoms with E-state index < -0.39 is 0 Å². The topological polar surface area (TPSA) is 35.7 Å². The minimum Gasteiger partial charge on any atom is -0.306 e. The third-order valence-corrected chi connectivity index (χ3v) is 5.88. The third-order valence-electron chi connectivity index (χ3n) is 5.63. The lowest BCUT2D eigenvalue weighted by Crippen LogP contribution is -2.36. The monoisotopic (exact) mass is 382 g/mol. The summed E-state index contributed by atoms with van der Waals surface area (Å²) in [5, 5.41) is 5.68. The molecule has 2 aliphatic heterocycles. The molecule has 1 saturated heterocycles. The van der Waals surface area contributed by atoms with Gasteiger partial charge in [-0.2, -0.15) is 0 Å². The minimum atomic E-state index is -0.0407. The Labute approximate surface area is 165 Å². The predicted molar refractivity (Wildman–Crippen MR) is 106 cm³/mol. The summed E-state index contributed by atoms with van der Waals surface area (Å²) in [5.41, 5.74) is 3.00. The van der Waals surface area contributed by atoms with Gasteiger partial charge in [0.15, 0.2) is 6.04 Å². The standard InChI is InChI=1S/C22H25ClN3O/c1-25-13-4-5-18(12-14-25)26-22(27)20-7-3-2-6-19(20)21(24-26)15-16-8-10-17(23)11-9-16/h2-3,6-11,18,21H,4-5,12-15H2,1H3/q+1/t18-,21+/m0/s1. The van der Waals surface area contributed by atoms with Gasteiger partial charge in [-0.15, -0.1) is 0 Å². The molecule has 2 heterocycles. The molecule has 140 valence electrons. The molecule has 1 amide bonds. The van der Waals surface area contributed by atoms with Crippen LogP contribution >= 0.6 is 11.6 Å². The molecule has 1 fully saturated rings. The summed E-state index contributed by atoms with van der Waals surface area (Å²) in [6.07, 6.45) is 3.85. The molecule has 4 nitrogen and oxygen atoms in total. The average Bonchev–Trinajstić information content (AvgIpc) is 2.90. The maximum atomic E-state index is 13.2. The summed E-state index contributed by atoms with van der Waals surface area (Å²) >= 11 is 6.03. The SMILES string of the molecule is CN1CCC[C@H]([N+]2=N[C@H](Cc3ccc(Cl)cc3)c3ccccc3C2=O)CC1. The van der Waals surface area contributed by atoms with Crippen LogP contribution in [0, 0.1) is 0 Å². The minimum absolute atomic E-state index is 0.0407. The normalized spacial score (nSPS) is 23.5. The number of fused-ring (bicyclic) bond motifs is 1. The molecular formula is C22H25ClN3O+. The maximum Gasteiger partial charge on any atom is 0.444 e. The second-order valence-electron chi connectivity index (χ2n) is 7.59. The van der Waals surface area contributed by atoms with Gasteiger partial charge in [-0.25, -0.2) is 4.79 Å². The highest BCUT2D eigenvalue weighted by Crippen LogP contribution is 2.32. The number of halogens is 1. The van der Waals surface area contributed by atoms with Crippen LogP contribution in [0.25, 0.3) is 0 Å². The van der Waals surface area contributed by atoms with Gasteiger partial charge >= 0.3 is 5.91 Å². The Kier molecular flexibility index (Phi) is 5.37. The molecule has 2 aromatic rings. The molecule has 5 heteroatoms. The van der Waals surface area contributed by atoms with E-state index in [0.717, 1.165) is 54.9 Å². The average molecular weight is 383 g/mol. The quantitative estimate of drug-likeness (QED) is 0.719. The highest BCUT2D eigenvalue weighted by molar-refractivity contribution is 6.30. The van der Waals surface area contributed by atoms with Crippen LogP contribution in [0.5, 0.6) is 0 Å². The van der Waals surface area contributed by atoms with Crippen molar-refractivity contribution in [3.05, 3.63) is 70.2 Å². The van der Waals surface area contributed by atoms with Gasteiger partial charge in [0, 0.05) is 36.4 Å². The molecule has 0 aromatic heterocycles. The van der Waals surface area contributed by atoms with Crippen molar-refractivity contribution in [1.29, 1.82) is 0 Å². The Morgan fingerprint density at radius 2 is 1.89 bits per heavy atom. The van der Waals surface area contributed by atoms with E-state index in [-0.39, 0.29) is 18.0 Å². The summed E-state index contributed by atoms with van der Waals surface area (Å²) in [6.45, 7) is 2.09. The first-order chi connectivity index (χ1) is 13.1. The zero-order valence-corrected chi connectivity index (χ0v) is 16.4. The summed E-state index contributed by atoms with van der Waals surface area (Å²) in [7, 11) is 2.15. The van der Waals surface area contributed by atoms with Gasteiger partial charge in [0.1, 0.15) is 6.04 Å². The lowest BCUT2D eigenvalue weighted by molar-refractivity contribution is -0.546. The number of hydrogen-bond acceptors (Lipinski definition) is 3. The number of amides is 1. The molecular weight excluding hydrogens is 358 g/mol. The molecule has 0 N–H and O–H groups in total. The number of nitrogens with zero attached hydrogens (tertiary/aromatic N) is 3. The molecule has 0 aliphatic carbocycles. The van der Waals surface area contributed by atoms with Crippen molar-refractivity contribution < 1.29 is 9.49 Å². The molecule has 2 aliphatic rings. The molecule has 0 spiro atoms. The van der Waals surface area contributed by atoms with Crippen molar-refractivity contribution >= 4 is 17.5 Å². The van der Waals surface area contributed by atoms with Gasteiger partial charge in [0.05, 0.1) is 5.56 Å². The number of azo groups is 2. The van der Waals surface area contributed by atoms with E-state index in [1.807, 2.05) is 48.5 Å². The van der Waals surface area contributed by atoms with Crippen molar-refractivity contribution in [2.45, 2.75) is 37.8 Å². The third kappa shape index (κ3) is 3.97. The van der Waals surface area contributed by atoms with Gasteiger partial charge in [0.25, 0.3) is 0 Å². The molecule has 2 aromatic carbocycles. The van der Waals surface area contributed by atoms with E-state index in [0.29, 0.717) is 0 Å². The molecule has 0 bridgehead atoms. The van der Waals surface area contributed by atoms with Crippen molar-refractivity contribution in [2.24, 2.45) is 5.11 Å². The van der Waals surface area contributed by atoms with Crippen LogP contribution in [0.2, 0.25) is 5.02 Å². The van der Waals surface area contributed by atoms with Crippen molar-refractivity contribution in [2.75, 3.05) is 20.1 Å². The number of rotatable bonds is 3. The lowest BCUT2D eigenvalue weighted by atomic mass is 9.93. The van der Waals surface area contributed by atoms with Gasteiger partial charge in [-0.05, 0) is 53.6 Å². The van der Waals surface area contributed by atoms with E-state index in [9.17, 15) is 4.79 Å². The Balaban J connectivity index is 1.67. The second kappa shape index (κ2) is 7.91. The van der Waals surface area contributed by atoms with E-state index in [1.54, 1.807) is 4.70 Å². The van der Waals surface area contributed by atoms with Crippen molar-refractivity contribution in [3.63, 3.8) is 0 Å². The van der Waals surface area contributed by atoms with E-state index in [2.05, 4.69) is 11.9 Å². The molecule has 0 saturated carbocycles. The van der Waals surface area contributed by atoms with Crippen LogP contribution in [0.1, 0.15) is 46.8 Å². The first-order valence-electron chi connectivity index (χ1n) is 9.68. The van der Waals surface area contributed by atoms with Crippen LogP contribution in [-0.4, -0.2) is 41.7 Å². The van der Waals surface area contributed by atoms with E-state index in [1.165, 1.54) is 5.56 Å². The Hall–Kier alpha value is -2.04. The van der Waals surface area contributed by atoms with Crippen LogP contribution in [0.15, 0.2) is 53.6 Å². The summed E-state index contributed by atoms with van der Waals surface area (Å²) < 4.78 is 1.79. The first kappa shape index (κ1) is 18.3. The predicted octanol–water partition coefficient (Wildman–Crippen LogP) is 4.73. The first-order valence-corrected chi connectivity index (χ1v) is 10.1. The second-order valence-corrected chi connectivity index (χ2v) is 8.02. The lowest BCUT2D eigenvalue weighted by Gasteiger charge is -2.20. The fourth-order valence-corrected chi connectivity index (χ4v) is 4.22. The number of hydrogen-bond donors (Lipinski definition) is 0. The van der Waals surface area contributed by atoms with Crippen LogP contribution in [0.4, 0.5) is 0 Å². The van der Waals surface area contributed by atoms with Gasteiger partial charge in [-0.1, -0.05) is 41.9 Å². The molecule has 4 rings (SSSR count). The Morgan fingerprint density at radius 1 is 1.11 bits per heavy atom. The molecule has 27 heavy (non-hydrogen) atoms. The summed E-state index contributed by atoms with van der Waals surface area (Å²) in [5.74, 6) is 0.0486. The van der Waals surface area contributed by atoms with Gasteiger partial charge in [-0.3, -0.25) is 0 Å². The van der Waals surface area contributed by atoms with Gasteiger partial charge in [0.2, 0.25) is 0 Å². The largest absolute Gasteiger partial charge is 0.444 e. The van der Waals surface area contributed by atoms with Crippen LogP contribution < -0.4 is 0 Å². The van der Waals surface area contributed by atoms with Crippen molar-refractivity contribution in [1.82, 2.24) is 4.90 Å². The molecule has 0 unspecified atom stereocenters. The molecule has 2 atom stereocenters. The number of benzene rings is 2. The smallest absolute Gasteiger partial charge is 0.306 e. The van der Waals surface area contributed by atoms with Crippen LogP contribution in [-0.2, 0) is 6.42 Å². The zero-order valence-electron chi connectivity index (χ0n) is 15.6. The van der Waals surface area contributed by atoms with E-state index >= 15 is 0 Å². The fraction of sp³-hybridized carbons (Fsp3) is 0.409. The van der Waals surface area contributed by atoms with Crippen molar-refractivity contribution in [3.8, 4) is 0 Å². The summed E-state index contributed by atoms with van der Waals surface area (Å²) in [4.78, 5) is 15.5. The zero-order chi connectivity index (χ0) is 18.8. The Bertz CT molecular complexity index is 862. The highest BCUT2D eigenvalue weighted by Gasteiger charge is 2.40. The molecule has 0 radical (unpaired) electrons.